The van der Waals surface area contributed by atoms with Crippen LogP contribution in [0.4, 0.5) is 0 Å². The van der Waals surface area contributed by atoms with Crippen LogP contribution in [0.5, 0.6) is 0 Å². The molecule has 0 saturated carbocycles. The first-order valence-electron chi connectivity index (χ1n) is 7.11. The summed E-state index contributed by atoms with van der Waals surface area (Å²) in [5.74, 6) is 0.156. The molecule has 0 N–H and O–H groups in total. The van der Waals surface area contributed by atoms with Gasteiger partial charge in [0.2, 0.25) is 5.91 Å². The molecule has 0 aromatic heterocycles. The molecule has 1 saturated heterocycles. The van der Waals surface area contributed by atoms with Crippen molar-refractivity contribution in [3.63, 3.8) is 0 Å². The summed E-state index contributed by atoms with van der Waals surface area (Å²) in [4.78, 5) is 27.6. The summed E-state index contributed by atoms with van der Waals surface area (Å²) < 4.78 is 0. The standard InChI is InChI=1S/C16H22N2O2/c1-12-5-6-15(11-13(12)2)16(20)18-8-4-7-17(9-10-18)14(3)19/h5-6,11H,4,7-10H2,1-3H3. The highest BCUT2D eigenvalue weighted by Crippen LogP contribution is 2.13. The molecule has 0 spiro atoms. The second-order valence-corrected chi connectivity index (χ2v) is 5.45. The largest absolute Gasteiger partial charge is 0.341 e. The van der Waals surface area contributed by atoms with E-state index in [1.807, 2.05) is 41.8 Å². The fourth-order valence-corrected chi connectivity index (χ4v) is 2.49. The Morgan fingerprint density at radius 2 is 1.60 bits per heavy atom. The highest BCUT2D eigenvalue weighted by molar-refractivity contribution is 5.94. The van der Waals surface area contributed by atoms with Gasteiger partial charge in [-0.3, -0.25) is 9.59 Å². The highest BCUT2D eigenvalue weighted by atomic mass is 16.2. The second-order valence-electron chi connectivity index (χ2n) is 5.45. The molecule has 1 aliphatic heterocycles. The smallest absolute Gasteiger partial charge is 0.253 e. The maximum atomic E-state index is 12.5. The lowest BCUT2D eigenvalue weighted by Gasteiger charge is -2.21. The van der Waals surface area contributed by atoms with Crippen molar-refractivity contribution in [2.75, 3.05) is 26.2 Å². The normalized spacial score (nSPS) is 15.9. The maximum Gasteiger partial charge on any atom is 0.253 e. The van der Waals surface area contributed by atoms with Gasteiger partial charge in [-0.15, -0.1) is 0 Å². The summed E-state index contributed by atoms with van der Waals surface area (Å²) in [6, 6.07) is 5.83. The number of benzene rings is 1. The van der Waals surface area contributed by atoms with Gasteiger partial charge in [0.05, 0.1) is 0 Å². The van der Waals surface area contributed by atoms with Crippen LogP contribution in [0.2, 0.25) is 0 Å². The predicted octanol–water partition coefficient (Wildman–Crippen LogP) is 2.00. The van der Waals surface area contributed by atoms with E-state index in [0.717, 1.165) is 30.6 Å². The van der Waals surface area contributed by atoms with Crippen molar-refractivity contribution in [3.8, 4) is 0 Å². The fourth-order valence-electron chi connectivity index (χ4n) is 2.49. The van der Waals surface area contributed by atoms with E-state index in [1.165, 1.54) is 5.56 Å². The number of carbonyl (C=O) groups excluding carboxylic acids is 2. The third-order valence-corrected chi connectivity index (χ3v) is 3.98. The van der Waals surface area contributed by atoms with Gasteiger partial charge in [0, 0.05) is 38.7 Å². The summed E-state index contributed by atoms with van der Waals surface area (Å²) in [6.45, 7) is 8.35. The van der Waals surface area contributed by atoms with Crippen molar-refractivity contribution >= 4 is 11.8 Å². The van der Waals surface area contributed by atoms with E-state index in [9.17, 15) is 9.59 Å². The van der Waals surface area contributed by atoms with Crippen LogP contribution in [0.15, 0.2) is 18.2 Å². The number of nitrogens with zero attached hydrogens (tertiary/aromatic N) is 2. The average molecular weight is 274 g/mol. The van der Waals surface area contributed by atoms with Crippen LogP contribution in [0.25, 0.3) is 0 Å². The molecule has 108 valence electrons. The quantitative estimate of drug-likeness (QED) is 0.786. The minimum absolute atomic E-state index is 0.0681. The number of amides is 2. The van der Waals surface area contributed by atoms with E-state index in [1.54, 1.807) is 6.92 Å². The fraction of sp³-hybridized carbons (Fsp3) is 0.500. The van der Waals surface area contributed by atoms with Crippen molar-refractivity contribution in [2.45, 2.75) is 27.2 Å². The van der Waals surface area contributed by atoms with Crippen LogP contribution in [0.1, 0.15) is 34.8 Å². The lowest BCUT2D eigenvalue weighted by atomic mass is 10.1. The van der Waals surface area contributed by atoms with Crippen LogP contribution >= 0.6 is 0 Å². The molecule has 2 rings (SSSR count). The topological polar surface area (TPSA) is 40.6 Å². The molecule has 0 bridgehead atoms. The van der Waals surface area contributed by atoms with Gasteiger partial charge in [-0.2, -0.15) is 0 Å². The van der Waals surface area contributed by atoms with E-state index >= 15 is 0 Å². The van der Waals surface area contributed by atoms with Crippen molar-refractivity contribution in [1.82, 2.24) is 9.80 Å². The molecule has 1 aromatic carbocycles. The Kier molecular flexibility index (Phi) is 4.42. The molecule has 0 unspecified atom stereocenters. The molecule has 0 atom stereocenters. The monoisotopic (exact) mass is 274 g/mol. The Bertz CT molecular complexity index is 525. The first-order valence-corrected chi connectivity index (χ1v) is 7.11. The predicted molar refractivity (Wildman–Crippen MR) is 78.7 cm³/mol. The van der Waals surface area contributed by atoms with Gasteiger partial charge < -0.3 is 9.80 Å². The van der Waals surface area contributed by atoms with Gasteiger partial charge in [-0.05, 0) is 43.5 Å². The number of hydrogen-bond donors (Lipinski definition) is 0. The molecule has 4 nitrogen and oxygen atoms in total. The SMILES string of the molecule is CC(=O)N1CCCN(C(=O)c2ccc(C)c(C)c2)CC1. The van der Waals surface area contributed by atoms with Gasteiger partial charge in [0.15, 0.2) is 0 Å². The van der Waals surface area contributed by atoms with E-state index in [4.69, 9.17) is 0 Å². The van der Waals surface area contributed by atoms with Crippen LogP contribution in [0.3, 0.4) is 0 Å². The van der Waals surface area contributed by atoms with E-state index in [2.05, 4.69) is 0 Å². The number of aryl methyl sites for hydroxylation is 2. The van der Waals surface area contributed by atoms with Crippen molar-refractivity contribution < 1.29 is 9.59 Å². The molecule has 20 heavy (non-hydrogen) atoms. The van der Waals surface area contributed by atoms with E-state index in [0.29, 0.717) is 13.1 Å². The minimum atomic E-state index is 0.0681. The van der Waals surface area contributed by atoms with Crippen molar-refractivity contribution in [2.24, 2.45) is 0 Å². The number of carbonyl (C=O) groups is 2. The summed E-state index contributed by atoms with van der Waals surface area (Å²) >= 11 is 0. The Hall–Kier alpha value is -1.84. The molecule has 1 aliphatic rings. The average Bonchev–Trinajstić information content (AvgIpc) is 2.67. The molecular weight excluding hydrogens is 252 g/mol. The molecule has 0 aliphatic carbocycles. The number of rotatable bonds is 1. The Labute approximate surface area is 120 Å². The number of hydrogen-bond acceptors (Lipinski definition) is 2. The van der Waals surface area contributed by atoms with Crippen LogP contribution < -0.4 is 0 Å². The Morgan fingerprint density at radius 1 is 0.950 bits per heavy atom. The van der Waals surface area contributed by atoms with Gasteiger partial charge in [-0.1, -0.05) is 6.07 Å². The van der Waals surface area contributed by atoms with E-state index < -0.39 is 0 Å². The van der Waals surface area contributed by atoms with Gasteiger partial charge in [0.25, 0.3) is 5.91 Å². The molecular formula is C16H22N2O2. The molecule has 1 aromatic rings. The first kappa shape index (κ1) is 14.6. The zero-order chi connectivity index (χ0) is 14.7. The third-order valence-electron chi connectivity index (χ3n) is 3.98. The molecule has 2 amide bonds. The lowest BCUT2D eigenvalue weighted by Crippen LogP contribution is -2.36. The van der Waals surface area contributed by atoms with Crippen molar-refractivity contribution in [1.29, 1.82) is 0 Å². The zero-order valence-electron chi connectivity index (χ0n) is 12.5. The van der Waals surface area contributed by atoms with E-state index in [-0.39, 0.29) is 11.8 Å². The lowest BCUT2D eigenvalue weighted by molar-refractivity contribution is -0.128. The summed E-state index contributed by atoms with van der Waals surface area (Å²) in [5.41, 5.74) is 3.07. The van der Waals surface area contributed by atoms with Crippen LogP contribution in [0, 0.1) is 13.8 Å². The third kappa shape index (κ3) is 3.18. The van der Waals surface area contributed by atoms with Gasteiger partial charge in [-0.25, -0.2) is 0 Å². The Morgan fingerprint density at radius 3 is 2.25 bits per heavy atom. The minimum Gasteiger partial charge on any atom is -0.341 e. The second kappa shape index (κ2) is 6.07. The summed E-state index contributed by atoms with van der Waals surface area (Å²) in [6.07, 6.45) is 0.843. The molecule has 0 radical (unpaired) electrons. The van der Waals surface area contributed by atoms with Crippen molar-refractivity contribution in [3.05, 3.63) is 34.9 Å². The maximum absolute atomic E-state index is 12.5. The zero-order valence-corrected chi connectivity index (χ0v) is 12.5. The summed E-state index contributed by atoms with van der Waals surface area (Å²) in [5, 5.41) is 0. The molecule has 4 heteroatoms. The highest BCUT2D eigenvalue weighted by Gasteiger charge is 2.21. The van der Waals surface area contributed by atoms with Crippen LogP contribution in [-0.4, -0.2) is 47.8 Å². The first-order chi connectivity index (χ1) is 9.49. The van der Waals surface area contributed by atoms with Gasteiger partial charge in [0.1, 0.15) is 0 Å². The molecule has 1 heterocycles. The summed E-state index contributed by atoms with van der Waals surface area (Å²) in [7, 11) is 0. The Balaban J connectivity index is 2.09. The molecule has 1 fully saturated rings. The van der Waals surface area contributed by atoms with Crippen LogP contribution in [-0.2, 0) is 4.79 Å². The van der Waals surface area contributed by atoms with Gasteiger partial charge >= 0.3 is 0 Å².